The Kier molecular flexibility index (Phi) is 5.08. The molecule has 19 heavy (non-hydrogen) atoms. The SMILES string of the molecule is CC(C)(CCNC(C)(C)C)Cc1cc(F)cc(F)c1. The van der Waals surface area contributed by atoms with E-state index >= 15 is 0 Å². The van der Waals surface area contributed by atoms with Gasteiger partial charge in [-0.2, -0.15) is 0 Å². The molecule has 1 aromatic carbocycles. The number of rotatable bonds is 5. The molecule has 0 unspecified atom stereocenters. The van der Waals surface area contributed by atoms with Crippen molar-refractivity contribution in [2.24, 2.45) is 5.41 Å². The highest BCUT2D eigenvalue weighted by molar-refractivity contribution is 5.19. The van der Waals surface area contributed by atoms with Crippen LogP contribution in [0.5, 0.6) is 0 Å². The van der Waals surface area contributed by atoms with Crippen molar-refractivity contribution in [1.29, 1.82) is 0 Å². The van der Waals surface area contributed by atoms with Crippen LogP contribution in [0.2, 0.25) is 0 Å². The largest absolute Gasteiger partial charge is 0.312 e. The first-order valence-electron chi connectivity index (χ1n) is 6.77. The van der Waals surface area contributed by atoms with Gasteiger partial charge in [-0.3, -0.25) is 0 Å². The third-order valence-electron chi connectivity index (χ3n) is 3.06. The number of hydrogen-bond donors (Lipinski definition) is 1. The van der Waals surface area contributed by atoms with Crippen molar-refractivity contribution in [3.63, 3.8) is 0 Å². The highest BCUT2D eigenvalue weighted by Crippen LogP contribution is 2.26. The van der Waals surface area contributed by atoms with Crippen molar-refractivity contribution in [2.75, 3.05) is 6.54 Å². The van der Waals surface area contributed by atoms with Gasteiger partial charge < -0.3 is 5.32 Å². The minimum atomic E-state index is -0.501. The smallest absolute Gasteiger partial charge is 0.126 e. The summed E-state index contributed by atoms with van der Waals surface area (Å²) in [5.74, 6) is -1.00. The summed E-state index contributed by atoms with van der Waals surface area (Å²) in [6, 6.07) is 3.75. The second-order valence-electron chi connectivity index (χ2n) is 7.05. The molecule has 0 aliphatic rings. The Balaban J connectivity index is 2.58. The Labute approximate surface area is 115 Å². The van der Waals surface area contributed by atoms with E-state index in [0.29, 0.717) is 6.42 Å². The molecule has 0 fully saturated rings. The van der Waals surface area contributed by atoms with Gasteiger partial charge in [0.05, 0.1) is 0 Å². The molecule has 1 nitrogen and oxygen atoms in total. The molecule has 0 aliphatic heterocycles. The maximum atomic E-state index is 13.2. The van der Waals surface area contributed by atoms with E-state index in [-0.39, 0.29) is 11.0 Å². The lowest BCUT2D eigenvalue weighted by molar-refractivity contribution is 0.302. The van der Waals surface area contributed by atoms with Crippen LogP contribution in [-0.2, 0) is 6.42 Å². The van der Waals surface area contributed by atoms with Crippen LogP contribution in [0, 0.1) is 17.0 Å². The summed E-state index contributed by atoms with van der Waals surface area (Å²) < 4.78 is 26.3. The molecular weight excluding hydrogens is 244 g/mol. The fourth-order valence-corrected chi connectivity index (χ4v) is 2.13. The summed E-state index contributed by atoms with van der Waals surface area (Å²) in [6.45, 7) is 11.5. The van der Waals surface area contributed by atoms with Crippen LogP contribution in [0.1, 0.15) is 46.6 Å². The van der Waals surface area contributed by atoms with Crippen LogP contribution < -0.4 is 5.32 Å². The molecule has 0 saturated carbocycles. The maximum absolute atomic E-state index is 13.2. The number of nitrogens with one attached hydrogen (secondary N) is 1. The Hall–Kier alpha value is -0.960. The van der Waals surface area contributed by atoms with Crippen LogP contribution in [0.3, 0.4) is 0 Å². The van der Waals surface area contributed by atoms with Crippen LogP contribution in [0.15, 0.2) is 18.2 Å². The molecule has 0 aliphatic carbocycles. The zero-order valence-corrected chi connectivity index (χ0v) is 12.6. The second-order valence-corrected chi connectivity index (χ2v) is 7.05. The van der Waals surface area contributed by atoms with Gasteiger partial charge in [-0.1, -0.05) is 13.8 Å². The Bertz CT molecular complexity index is 399. The molecule has 1 rings (SSSR count). The van der Waals surface area contributed by atoms with Gasteiger partial charge in [0.25, 0.3) is 0 Å². The molecular formula is C16H25F2N. The minimum Gasteiger partial charge on any atom is -0.312 e. The van der Waals surface area contributed by atoms with Gasteiger partial charge in [-0.15, -0.1) is 0 Å². The highest BCUT2D eigenvalue weighted by Gasteiger charge is 2.20. The van der Waals surface area contributed by atoms with Crippen molar-refractivity contribution in [3.8, 4) is 0 Å². The maximum Gasteiger partial charge on any atom is 0.126 e. The van der Waals surface area contributed by atoms with E-state index in [9.17, 15) is 8.78 Å². The molecule has 108 valence electrons. The first kappa shape index (κ1) is 16.1. The van der Waals surface area contributed by atoms with Gasteiger partial charge >= 0.3 is 0 Å². The van der Waals surface area contributed by atoms with Crippen LogP contribution >= 0.6 is 0 Å². The van der Waals surface area contributed by atoms with E-state index in [2.05, 4.69) is 39.9 Å². The first-order chi connectivity index (χ1) is 8.57. The van der Waals surface area contributed by atoms with Crippen LogP contribution in [-0.4, -0.2) is 12.1 Å². The molecule has 3 heteroatoms. The minimum absolute atomic E-state index is 0.0124. The summed E-state index contributed by atoms with van der Waals surface area (Å²) in [5, 5.41) is 3.44. The number of hydrogen-bond acceptors (Lipinski definition) is 1. The molecule has 0 atom stereocenters. The first-order valence-corrected chi connectivity index (χ1v) is 6.77. The molecule has 0 radical (unpaired) electrons. The van der Waals surface area contributed by atoms with E-state index in [4.69, 9.17) is 0 Å². The summed E-state index contributed by atoms with van der Waals surface area (Å²) in [5.41, 5.74) is 0.831. The van der Waals surface area contributed by atoms with E-state index in [0.717, 1.165) is 24.6 Å². The molecule has 0 aromatic heterocycles. The molecule has 0 saturated heterocycles. The second kappa shape index (κ2) is 6.00. The third kappa shape index (κ3) is 6.67. The monoisotopic (exact) mass is 269 g/mol. The van der Waals surface area contributed by atoms with E-state index < -0.39 is 11.6 Å². The van der Waals surface area contributed by atoms with Crippen molar-refractivity contribution in [1.82, 2.24) is 5.32 Å². The Morgan fingerprint density at radius 3 is 1.95 bits per heavy atom. The Morgan fingerprint density at radius 1 is 0.947 bits per heavy atom. The van der Waals surface area contributed by atoms with Gasteiger partial charge in [-0.05, 0) is 63.3 Å². The average molecular weight is 269 g/mol. The third-order valence-corrected chi connectivity index (χ3v) is 3.06. The lowest BCUT2D eigenvalue weighted by Crippen LogP contribution is -2.38. The predicted molar refractivity (Wildman–Crippen MR) is 76.2 cm³/mol. The highest BCUT2D eigenvalue weighted by atomic mass is 19.1. The van der Waals surface area contributed by atoms with Gasteiger partial charge in [0.2, 0.25) is 0 Å². The molecule has 0 heterocycles. The van der Waals surface area contributed by atoms with Crippen molar-refractivity contribution < 1.29 is 8.78 Å². The summed E-state index contributed by atoms with van der Waals surface area (Å²) >= 11 is 0. The van der Waals surface area contributed by atoms with Crippen molar-refractivity contribution in [2.45, 2.75) is 53.0 Å². The number of halogens is 2. The Morgan fingerprint density at radius 2 is 1.47 bits per heavy atom. The summed E-state index contributed by atoms with van der Waals surface area (Å²) in [4.78, 5) is 0. The number of benzene rings is 1. The lowest BCUT2D eigenvalue weighted by atomic mass is 9.82. The molecule has 0 amide bonds. The van der Waals surface area contributed by atoms with Gasteiger partial charge in [0.1, 0.15) is 11.6 Å². The summed E-state index contributed by atoms with van der Waals surface area (Å²) in [6.07, 6.45) is 1.63. The molecule has 1 aromatic rings. The predicted octanol–water partition coefficient (Wildman–Crippen LogP) is 4.31. The molecule has 0 bridgehead atoms. The van der Waals surface area contributed by atoms with Gasteiger partial charge in [-0.25, -0.2) is 8.78 Å². The standard InChI is InChI=1S/C16H25F2N/c1-15(2,3)19-7-6-16(4,5)11-12-8-13(17)10-14(18)9-12/h8-10,19H,6-7,11H2,1-5H3. The van der Waals surface area contributed by atoms with Gasteiger partial charge in [0, 0.05) is 11.6 Å². The van der Waals surface area contributed by atoms with Crippen LogP contribution in [0.4, 0.5) is 8.78 Å². The van der Waals surface area contributed by atoms with Crippen molar-refractivity contribution in [3.05, 3.63) is 35.4 Å². The van der Waals surface area contributed by atoms with Crippen molar-refractivity contribution >= 4 is 0 Å². The van der Waals surface area contributed by atoms with Gasteiger partial charge in [0.15, 0.2) is 0 Å². The average Bonchev–Trinajstić information content (AvgIpc) is 2.11. The topological polar surface area (TPSA) is 12.0 Å². The van der Waals surface area contributed by atoms with E-state index in [1.54, 1.807) is 0 Å². The fraction of sp³-hybridized carbons (Fsp3) is 0.625. The zero-order valence-electron chi connectivity index (χ0n) is 12.6. The molecule has 1 N–H and O–H groups in total. The summed E-state index contributed by atoms with van der Waals surface area (Å²) in [7, 11) is 0. The quantitative estimate of drug-likeness (QED) is 0.839. The fourth-order valence-electron chi connectivity index (χ4n) is 2.13. The lowest BCUT2D eigenvalue weighted by Gasteiger charge is -2.28. The van der Waals surface area contributed by atoms with E-state index in [1.165, 1.54) is 12.1 Å². The zero-order chi connectivity index (χ0) is 14.7. The van der Waals surface area contributed by atoms with Crippen LogP contribution in [0.25, 0.3) is 0 Å². The molecule has 0 spiro atoms. The van der Waals surface area contributed by atoms with E-state index in [1.807, 2.05) is 0 Å². The normalized spacial score (nSPS) is 12.8.